The second-order valence-electron chi connectivity index (χ2n) is 7.27. The van der Waals surface area contributed by atoms with Gasteiger partial charge >= 0.3 is 0 Å². The highest BCUT2D eigenvalue weighted by Crippen LogP contribution is 2.29. The number of carbonyl (C=O) groups excluding carboxylic acids is 2. The van der Waals surface area contributed by atoms with Crippen LogP contribution in [0.5, 0.6) is 0 Å². The van der Waals surface area contributed by atoms with Crippen molar-refractivity contribution in [2.75, 3.05) is 23.7 Å². The van der Waals surface area contributed by atoms with Gasteiger partial charge in [-0.05, 0) is 55.3 Å². The standard InChI is InChI=1S/C22H26N4O4S2/c1-4-12-26(13-5-2)32(29,30)18-9-6-16(7-10-18)21(28)25-22-24-19-11-8-17(23-15(3)27)14-20(19)31-22/h6-11,14H,4-5,12-13H2,1-3H3,(H,23,27)(H,24,25,28). The number of anilines is 2. The Labute approximate surface area is 191 Å². The number of carbonyl (C=O) groups is 2. The maximum absolute atomic E-state index is 12.9. The van der Waals surface area contributed by atoms with Crippen LogP contribution in [0.4, 0.5) is 10.8 Å². The smallest absolute Gasteiger partial charge is 0.257 e. The molecule has 170 valence electrons. The molecule has 2 amide bonds. The molecule has 0 radical (unpaired) electrons. The fourth-order valence-corrected chi connectivity index (χ4v) is 5.73. The number of fused-ring (bicyclic) bond motifs is 1. The largest absolute Gasteiger partial charge is 0.326 e. The van der Waals surface area contributed by atoms with Crippen LogP contribution in [0.25, 0.3) is 10.2 Å². The minimum Gasteiger partial charge on any atom is -0.326 e. The Morgan fingerprint density at radius 2 is 1.66 bits per heavy atom. The van der Waals surface area contributed by atoms with E-state index in [1.807, 2.05) is 13.8 Å². The van der Waals surface area contributed by atoms with Gasteiger partial charge in [-0.15, -0.1) is 0 Å². The van der Waals surface area contributed by atoms with Crippen LogP contribution < -0.4 is 10.6 Å². The number of benzene rings is 2. The Hall–Kier alpha value is -2.82. The molecular formula is C22H26N4O4S2. The Morgan fingerprint density at radius 1 is 1.00 bits per heavy atom. The van der Waals surface area contributed by atoms with Crippen molar-refractivity contribution < 1.29 is 18.0 Å². The minimum absolute atomic E-state index is 0.166. The van der Waals surface area contributed by atoms with Crippen molar-refractivity contribution in [3.63, 3.8) is 0 Å². The van der Waals surface area contributed by atoms with Crippen molar-refractivity contribution in [3.05, 3.63) is 48.0 Å². The SMILES string of the molecule is CCCN(CCC)S(=O)(=O)c1ccc(C(=O)Nc2nc3ccc(NC(C)=O)cc3s2)cc1. The van der Waals surface area contributed by atoms with Crippen LogP contribution in [-0.4, -0.2) is 42.6 Å². The average molecular weight is 475 g/mol. The lowest BCUT2D eigenvalue weighted by Gasteiger charge is -2.21. The summed E-state index contributed by atoms with van der Waals surface area (Å²) in [5, 5.41) is 5.88. The van der Waals surface area contributed by atoms with Gasteiger partial charge in [-0.1, -0.05) is 25.2 Å². The summed E-state index contributed by atoms with van der Waals surface area (Å²) in [5.74, 6) is -0.547. The summed E-state index contributed by atoms with van der Waals surface area (Å²) in [5.41, 5.74) is 1.69. The molecule has 0 bridgehead atoms. The number of rotatable bonds is 9. The Kier molecular flexibility index (Phi) is 7.60. The summed E-state index contributed by atoms with van der Waals surface area (Å²) < 4.78 is 28.0. The zero-order chi connectivity index (χ0) is 23.3. The molecule has 0 spiro atoms. The highest BCUT2D eigenvalue weighted by atomic mass is 32.2. The van der Waals surface area contributed by atoms with E-state index < -0.39 is 10.0 Å². The number of hydrogen-bond acceptors (Lipinski definition) is 6. The van der Waals surface area contributed by atoms with Crippen LogP contribution in [0, 0.1) is 0 Å². The van der Waals surface area contributed by atoms with Gasteiger partial charge in [-0.2, -0.15) is 4.31 Å². The number of thiazole rings is 1. The lowest BCUT2D eigenvalue weighted by molar-refractivity contribution is -0.114. The molecule has 8 nitrogen and oxygen atoms in total. The normalized spacial score (nSPS) is 11.6. The fraction of sp³-hybridized carbons (Fsp3) is 0.318. The first-order chi connectivity index (χ1) is 15.2. The van der Waals surface area contributed by atoms with Crippen LogP contribution in [0.15, 0.2) is 47.4 Å². The van der Waals surface area contributed by atoms with Crippen LogP contribution in [-0.2, 0) is 14.8 Å². The number of hydrogen-bond donors (Lipinski definition) is 2. The lowest BCUT2D eigenvalue weighted by atomic mass is 10.2. The predicted molar refractivity (Wildman–Crippen MR) is 128 cm³/mol. The van der Waals surface area contributed by atoms with E-state index in [1.165, 1.54) is 46.8 Å². The lowest BCUT2D eigenvalue weighted by Crippen LogP contribution is -2.32. The molecule has 0 aliphatic heterocycles. The van der Waals surface area contributed by atoms with Gasteiger partial charge in [-0.3, -0.25) is 14.9 Å². The van der Waals surface area contributed by atoms with Gasteiger partial charge in [0.05, 0.1) is 15.1 Å². The van der Waals surface area contributed by atoms with E-state index in [-0.39, 0.29) is 16.7 Å². The zero-order valence-corrected chi connectivity index (χ0v) is 19.8. The van der Waals surface area contributed by atoms with Crippen molar-refractivity contribution in [2.24, 2.45) is 0 Å². The van der Waals surface area contributed by atoms with Crippen molar-refractivity contribution in [3.8, 4) is 0 Å². The fourth-order valence-electron chi connectivity index (χ4n) is 3.21. The van der Waals surface area contributed by atoms with Gasteiger partial charge in [0.2, 0.25) is 15.9 Å². The van der Waals surface area contributed by atoms with E-state index in [0.29, 0.717) is 35.0 Å². The third-order valence-corrected chi connectivity index (χ3v) is 7.48. The molecule has 0 saturated heterocycles. The monoisotopic (exact) mass is 474 g/mol. The minimum atomic E-state index is -3.60. The van der Waals surface area contributed by atoms with E-state index >= 15 is 0 Å². The molecule has 10 heteroatoms. The highest BCUT2D eigenvalue weighted by Gasteiger charge is 2.23. The molecule has 0 fully saturated rings. The van der Waals surface area contributed by atoms with E-state index in [2.05, 4.69) is 15.6 Å². The summed E-state index contributed by atoms with van der Waals surface area (Å²) >= 11 is 1.29. The van der Waals surface area contributed by atoms with Gasteiger partial charge in [0.1, 0.15) is 0 Å². The zero-order valence-electron chi connectivity index (χ0n) is 18.2. The molecule has 1 aromatic heterocycles. The molecule has 2 N–H and O–H groups in total. The van der Waals surface area contributed by atoms with Crippen molar-refractivity contribution in [1.82, 2.24) is 9.29 Å². The molecule has 0 unspecified atom stereocenters. The van der Waals surface area contributed by atoms with Crippen molar-refractivity contribution in [1.29, 1.82) is 0 Å². The summed E-state index contributed by atoms with van der Waals surface area (Å²) in [6, 6.07) is 11.2. The van der Waals surface area contributed by atoms with Crippen LogP contribution in [0.2, 0.25) is 0 Å². The molecule has 2 aromatic carbocycles. The topological polar surface area (TPSA) is 108 Å². The molecule has 3 aromatic rings. The first-order valence-corrected chi connectivity index (χ1v) is 12.6. The number of amides is 2. The van der Waals surface area contributed by atoms with Crippen molar-refractivity contribution >= 4 is 54.2 Å². The molecular weight excluding hydrogens is 448 g/mol. The number of aromatic nitrogens is 1. The maximum atomic E-state index is 12.9. The molecule has 0 saturated carbocycles. The summed E-state index contributed by atoms with van der Waals surface area (Å²) in [7, 11) is -3.60. The van der Waals surface area contributed by atoms with E-state index in [1.54, 1.807) is 18.2 Å². The summed E-state index contributed by atoms with van der Waals surface area (Å²) in [6.45, 7) is 6.23. The highest BCUT2D eigenvalue weighted by molar-refractivity contribution is 7.89. The summed E-state index contributed by atoms with van der Waals surface area (Å²) in [4.78, 5) is 28.4. The van der Waals surface area contributed by atoms with E-state index in [9.17, 15) is 18.0 Å². The third-order valence-electron chi connectivity index (χ3n) is 4.63. The summed E-state index contributed by atoms with van der Waals surface area (Å²) in [6.07, 6.45) is 1.46. The molecule has 0 aliphatic rings. The molecule has 3 rings (SSSR count). The van der Waals surface area contributed by atoms with E-state index in [4.69, 9.17) is 0 Å². The third kappa shape index (κ3) is 5.50. The van der Waals surface area contributed by atoms with Crippen LogP contribution in [0.3, 0.4) is 0 Å². The van der Waals surface area contributed by atoms with Gasteiger partial charge < -0.3 is 5.32 Å². The second-order valence-corrected chi connectivity index (χ2v) is 10.2. The number of sulfonamides is 1. The van der Waals surface area contributed by atoms with Gasteiger partial charge in [0.15, 0.2) is 5.13 Å². The van der Waals surface area contributed by atoms with Gasteiger partial charge in [0.25, 0.3) is 5.91 Å². The predicted octanol–water partition coefficient (Wildman–Crippen LogP) is 4.32. The molecule has 0 aliphatic carbocycles. The first-order valence-electron chi connectivity index (χ1n) is 10.3. The maximum Gasteiger partial charge on any atom is 0.257 e. The Balaban J connectivity index is 1.75. The second kappa shape index (κ2) is 10.2. The van der Waals surface area contributed by atoms with Gasteiger partial charge in [0, 0.05) is 31.3 Å². The van der Waals surface area contributed by atoms with Crippen LogP contribution in [0.1, 0.15) is 44.0 Å². The first kappa shape index (κ1) is 23.8. The van der Waals surface area contributed by atoms with Gasteiger partial charge in [-0.25, -0.2) is 13.4 Å². The number of nitrogens with zero attached hydrogens (tertiary/aromatic N) is 2. The molecule has 1 heterocycles. The number of nitrogens with one attached hydrogen (secondary N) is 2. The Morgan fingerprint density at radius 3 is 2.25 bits per heavy atom. The average Bonchev–Trinajstić information content (AvgIpc) is 3.14. The Bertz CT molecular complexity index is 1210. The molecule has 32 heavy (non-hydrogen) atoms. The van der Waals surface area contributed by atoms with E-state index in [0.717, 1.165) is 17.5 Å². The molecule has 0 atom stereocenters. The van der Waals surface area contributed by atoms with Crippen LogP contribution >= 0.6 is 11.3 Å². The van der Waals surface area contributed by atoms with Crippen molar-refractivity contribution in [2.45, 2.75) is 38.5 Å². The quantitative estimate of drug-likeness (QED) is 0.480.